The fourth-order valence-electron chi connectivity index (χ4n) is 10.6. The van der Waals surface area contributed by atoms with Crippen molar-refractivity contribution in [3.05, 3.63) is 24.3 Å². The predicted molar refractivity (Wildman–Crippen MR) is 372 cm³/mol. The molecule has 3 N–H and O–H groups in total. The van der Waals surface area contributed by atoms with E-state index in [2.05, 4.69) is 65.8 Å². The van der Waals surface area contributed by atoms with Crippen molar-refractivity contribution < 1.29 is 80.2 Å². The van der Waals surface area contributed by atoms with Gasteiger partial charge in [0.1, 0.15) is 19.3 Å². The van der Waals surface area contributed by atoms with E-state index in [0.717, 1.165) is 115 Å². The summed E-state index contributed by atoms with van der Waals surface area (Å²) in [5.74, 6) is -0.673. The van der Waals surface area contributed by atoms with Gasteiger partial charge in [0.25, 0.3) is 0 Å². The first-order valence-electron chi connectivity index (χ1n) is 37.3. The number of allylic oxidation sites excluding steroid dienone is 4. The SMILES string of the molecule is CCCCCC/C=C\C=C/CCCCCCCC(=O)O[C@H](COC(=O)CCCCCCCCCCCCCCC)COP(=O)(O)OC[C@@H](O)COP(=O)(O)OC[C@@H](COC(=O)CCCCCCCCCCCC(C)C)OC(=O)CCCCCCCCCCCC(C)C. The largest absolute Gasteiger partial charge is 0.472 e. The number of aliphatic hydroxyl groups excluding tert-OH is 1. The maximum atomic E-state index is 13.0. The molecule has 17 nitrogen and oxygen atoms in total. The molecule has 542 valence electrons. The Morgan fingerprint density at radius 2 is 0.587 bits per heavy atom. The third kappa shape index (κ3) is 66.2. The van der Waals surface area contributed by atoms with Crippen molar-refractivity contribution in [1.29, 1.82) is 0 Å². The Hall–Kier alpha value is -2.46. The molecule has 0 aromatic rings. The zero-order valence-electron chi connectivity index (χ0n) is 59.3. The van der Waals surface area contributed by atoms with Crippen molar-refractivity contribution in [2.24, 2.45) is 11.8 Å². The predicted octanol–water partition coefficient (Wildman–Crippen LogP) is 20.7. The summed E-state index contributed by atoms with van der Waals surface area (Å²) in [7, 11) is -9.92. The van der Waals surface area contributed by atoms with Crippen molar-refractivity contribution >= 4 is 39.5 Å². The van der Waals surface area contributed by atoms with E-state index in [0.29, 0.717) is 25.7 Å². The van der Waals surface area contributed by atoms with Crippen molar-refractivity contribution in [2.45, 2.75) is 368 Å². The lowest BCUT2D eigenvalue weighted by molar-refractivity contribution is -0.161. The fraction of sp³-hybridized carbons (Fsp3) is 0.890. The first-order valence-corrected chi connectivity index (χ1v) is 40.3. The Labute approximate surface area is 561 Å². The molecule has 0 bridgehead atoms. The Balaban J connectivity index is 5.30. The first kappa shape index (κ1) is 89.5. The van der Waals surface area contributed by atoms with E-state index in [1.54, 1.807) is 0 Å². The van der Waals surface area contributed by atoms with Gasteiger partial charge in [0.2, 0.25) is 0 Å². The van der Waals surface area contributed by atoms with E-state index >= 15 is 0 Å². The average Bonchev–Trinajstić information content (AvgIpc) is 2.25. The van der Waals surface area contributed by atoms with Crippen LogP contribution in [0.15, 0.2) is 24.3 Å². The van der Waals surface area contributed by atoms with Gasteiger partial charge in [-0.1, -0.05) is 297 Å². The van der Waals surface area contributed by atoms with Gasteiger partial charge in [0.15, 0.2) is 12.2 Å². The van der Waals surface area contributed by atoms with E-state index in [9.17, 15) is 43.2 Å². The van der Waals surface area contributed by atoms with Crippen LogP contribution in [0.1, 0.15) is 350 Å². The second-order valence-electron chi connectivity index (χ2n) is 26.6. The molecule has 0 aliphatic rings. The van der Waals surface area contributed by atoms with E-state index in [1.807, 2.05) is 0 Å². The zero-order valence-corrected chi connectivity index (χ0v) is 61.1. The molecule has 0 radical (unpaired) electrons. The van der Waals surface area contributed by atoms with Gasteiger partial charge in [-0.3, -0.25) is 37.3 Å². The minimum atomic E-state index is -4.96. The van der Waals surface area contributed by atoms with Crippen LogP contribution in [-0.2, 0) is 65.4 Å². The quantitative estimate of drug-likeness (QED) is 0.0169. The van der Waals surface area contributed by atoms with Crippen molar-refractivity contribution in [2.75, 3.05) is 39.6 Å². The summed E-state index contributed by atoms with van der Waals surface area (Å²) in [6, 6.07) is 0. The number of phosphoric acid groups is 2. The molecule has 19 heteroatoms. The summed E-state index contributed by atoms with van der Waals surface area (Å²) >= 11 is 0. The standard InChI is InChI=1S/C73H138O17P2/c1-7-9-11-13-15-17-19-21-22-24-26-32-39-45-51-57-72(77)89-68(61-83-70(75)55-49-43-37-31-25-23-20-18-16-14-12-10-8-2)63-87-91(79,80)85-59-67(74)60-86-92(81,82)88-64-69(90-73(78)58-52-46-40-34-28-30-36-42-48-54-66(5)6)62-84-71(76)56-50-44-38-33-27-29-35-41-47-53-65(3)4/h17,19,21-22,65-69,74H,7-16,18,20,23-64H2,1-6H3,(H,79,80)(H,81,82)/b19-17-,22-21-/t67-,68-,69-/m1/s1. The molecule has 2 unspecified atom stereocenters. The number of carbonyl (C=O) groups excluding carboxylic acids is 4. The molecule has 0 aliphatic heterocycles. The summed E-state index contributed by atoms with van der Waals surface area (Å²) in [6.07, 6.45) is 53.5. The highest BCUT2D eigenvalue weighted by molar-refractivity contribution is 7.47. The minimum Gasteiger partial charge on any atom is -0.462 e. The van der Waals surface area contributed by atoms with Crippen LogP contribution in [-0.4, -0.2) is 96.7 Å². The number of aliphatic hydroxyl groups is 1. The molecule has 0 aromatic heterocycles. The summed E-state index contributed by atoms with van der Waals surface area (Å²) < 4.78 is 68.4. The second kappa shape index (κ2) is 64.5. The first-order chi connectivity index (χ1) is 44.4. The molecule has 0 spiro atoms. The Bertz CT molecular complexity index is 1880. The van der Waals surface area contributed by atoms with Gasteiger partial charge in [0, 0.05) is 25.7 Å². The summed E-state index contributed by atoms with van der Waals surface area (Å²) in [5.41, 5.74) is 0. The van der Waals surface area contributed by atoms with Gasteiger partial charge in [-0.25, -0.2) is 9.13 Å². The van der Waals surface area contributed by atoms with Gasteiger partial charge in [-0.2, -0.15) is 0 Å². The Kier molecular flexibility index (Phi) is 62.8. The number of ether oxygens (including phenoxy) is 4. The van der Waals surface area contributed by atoms with Gasteiger partial charge in [-0.05, 0) is 63.2 Å². The van der Waals surface area contributed by atoms with Crippen molar-refractivity contribution in [3.63, 3.8) is 0 Å². The normalized spacial score (nSPS) is 14.2. The molecular formula is C73H138O17P2. The average molecular weight is 1350 g/mol. The van der Waals surface area contributed by atoms with Crippen LogP contribution in [0.3, 0.4) is 0 Å². The molecular weight excluding hydrogens is 1210 g/mol. The number of hydrogen-bond acceptors (Lipinski definition) is 15. The van der Waals surface area contributed by atoms with Crippen LogP contribution in [0.25, 0.3) is 0 Å². The van der Waals surface area contributed by atoms with Crippen molar-refractivity contribution in [1.82, 2.24) is 0 Å². The topological polar surface area (TPSA) is 237 Å². The lowest BCUT2D eigenvalue weighted by Crippen LogP contribution is -2.30. The Morgan fingerprint density at radius 1 is 0.337 bits per heavy atom. The number of hydrogen-bond donors (Lipinski definition) is 3. The van der Waals surface area contributed by atoms with Crippen molar-refractivity contribution in [3.8, 4) is 0 Å². The van der Waals surface area contributed by atoms with Gasteiger partial charge in [0.05, 0.1) is 26.4 Å². The second-order valence-corrected chi connectivity index (χ2v) is 29.5. The molecule has 0 aromatic carbocycles. The number of carbonyl (C=O) groups is 4. The molecule has 0 heterocycles. The van der Waals surface area contributed by atoms with Gasteiger partial charge in [-0.15, -0.1) is 0 Å². The Morgan fingerprint density at radius 3 is 0.891 bits per heavy atom. The number of rotatable bonds is 70. The lowest BCUT2D eigenvalue weighted by atomic mass is 10.0. The third-order valence-corrected chi connectivity index (χ3v) is 18.2. The number of unbranched alkanes of at least 4 members (excludes halogenated alkanes) is 37. The van der Waals surface area contributed by atoms with Crippen LogP contribution in [0.5, 0.6) is 0 Å². The van der Waals surface area contributed by atoms with E-state index in [4.69, 9.17) is 37.0 Å². The maximum Gasteiger partial charge on any atom is 0.472 e. The molecule has 5 atom stereocenters. The fourth-order valence-corrected chi connectivity index (χ4v) is 12.2. The summed E-state index contributed by atoms with van der Waals surface area (Å²) in [6.45, 7) is 9.46. The highest BCUT2D eigenvalue weighted by Crippen LogP contribution is 2.45. The summed E-state index contributed by atoms with van der Waals surface area (Å²) in [4.78, 5) is 72.7. The smallest absolute Gasteiger partial charge is 0.462 e. The van der Waals surface area contributed by atoms with Crippen LogP contribution >= 0.6 is 15.6 Å². The monoisotopic (exact) mass is 1350 g/mol. The summed E-state index contributed by atoms with van der Waals surface area (Å²) in [5, 5.41) is 10.6. The molecule has 0 saturated carbocycles. The van der Waals surface area contributed by atoms with Crippen LogP contribution in [0.2, 0.25) is 0 Å². The minimum absolute atomic E-state index is 0.0852. The molecule has 0 rings (SSSR count). The van der Waals surface area contributed by atoms with Crippen LogP contribution in [0.4, 0.5) is 0 Å². The number of esters is 4. The van der Waals surface area contributed by atoms with E-state index in [-0.39, 0.29) is 25.7 Å². The number of phosphoric ester groups is 2. The lowest BCUT2D eigenvalue weighted by Gasteiger charge is -2.21. The molecule has 0 aliphatic carbocycles. The van der Waals surface area contributed by atoms with Crippen LogP contribution in [0, 0.1) is 11.8 Å². The highest BCUT2D eigenvalue weighted by Gasteiger charge is 2.30. The molecule has 0 fully saturated rings. The van der Waals surface area contributed by atoms with Gasteiger partial charge < -0.3 is 33.8 Å². The van der Waals surface area contributed by atoms with Crippen LogP contribution < -0.4 is 0 Å². The maximum absolute atomic E-state index is 13.0. The third-order valence-electron chi connectivity index (χ3n) is 16.3. The van der Waals surface area contributed by atoms with Gasteiger partial charge >= 0.3 is 39.5 Å². The highest BCUT2D eigenvalue weighted by atomic mass is 31.2. The molecule has 92 heavy (non-hydrogen) atoms. The van der Waals surface area contributed by atoms with E-state index < -0.39 is 97.5 Å². The zero-order chi connectivity index (χ0) is 67.9. The molecule has 0 amide bonds. The molecule has 0 saturated heterocycles. The van der Waals surface area contributed by atoms with E-state index in [1.165, 1.54) is 154 Å².